The van der Waals surface area contributed by atoms with Crippen LogP contribution in [0.5, 0.6) is 11.5 Å². The molecular weight excluding hydrogens is 248 g/mol. The van der Waals surface area contributed by atoms with Gasteiger partial charge < -0.3 is 26.0 Å². The van der Waals surface area contributed by atoms with Gasteiger partial charge in [0.05, 0.1) is 12.1 Å². The molecule has 5 N–H and O–H groups in total. The first-order chi connectivity index (χ1) is 8.97. The minimum absolute atomic E-state index is 0.202. The van der Waals surface area contributed by atoms with Crippen molar-refractivity contribution in [2.75, 3.05) is 13.1 Å². The quantitative estimate of drug-likeness (QED) is 0.555. The summed E-state index contributed by atoms with van der Waals surface area (Å²) in [6, 6.07) is 3.65. The van der Waals surface area contributed by atoms with Crippen LogP contribution in [0, 0.1) is 0 Å². The van der Waals surface area contributed by atoms with Crippen LogP contribution in [-0.4, -0.2) is 51.4 Å². The van der Waals surface area contributed by atoms with E-state index in [0.29, 0.717) is 25.1 Å². The Kier molecular flexibility index (Phi) is 3.92. The van der Waals surface area contributed by atoms with E-state index in [1.807, 2.05) is 0 Å². The Bertz CT molecular complexity index is 478. The predicted molar refractivity (Wildman–Crippen MR) is 68.7 cm³/mol. The molecule has 6 nitrogen and oxygen atoms in total. The van der Waals surface area contributed by atoms with E-state index >= 15 is 0 Å². The monoisotopic (exact) mass is 266 g/mol. The molecule has 2 atom stereocenters. The van der Waals surface area contributed by atoms with Crippen LogP contribution in [0.2, 0.25) is 0 Å². The molecule has 1 amide bonds. The lowest BCUT2D eigenvalue weighted by Gasteiger charge is -2.20. The molecule has 1 heterocycles. The number of likely N-dealkylation sites (tertiary alicyclic amines) is 1. The molecule has 0 saturated carbocycles. The van der Waals surface area contributed by atoms with Crippen LogP contribution in [-0.2, 0) is 11.2 Å². The van der Waals surface area contributed by atoms with Crippen LogP contribution in [0.1, 0.15) is 12.0 Å². The van der Waals surface area contributed by atoms with Gasteiger partial charge in [-0.1, -0.05) is 6.07 Å². The van der Waals surface area contributed by atoms with Gasteiger partial charge >= 0.3 is 0 Å². The maximum atomic E-state index is 12.0. The van der Waals surface area contributed by atoms with Gasteiger partial charge in [0.15, 0.2) is 11.5 Å². The highest BCUT2D eigenvalue weighted by Gasteiger charge is 2.28. The summed E-state index contributed by atoms with van der Waals surface area (Å²) in [5, 5.41) is 28.0. The molecule has 0 aliphatic carbocycles. The Hall–Kier alpha value is -1.79. The summed E-state index contributed by atoms with van der Waals surface area (Å²) in [7, 11) is 0. The SMILES string of the molecule is N[C@@H](Cc1ccc(O)c(O)c1)C(=O)N1CC[C@@H](O)C1. The minimum atomic E-state index is -0.714. The number of rotatable bonds is 3. The zero-order valence-corrected chi connectivity index (χ0v) is 10.5. The van der Waals surface area contributed by atoms with Crippen molar-refractivity contribution in [3.8, 4) is 11.5 Å². The molecule has 0 spiro atoms. The molecule has 1 aliphatic rings. The van der Waals surface area contributed by atoms with Crippen LogP contribution in [0.15, 0.2) is 18.2 Å². The van der Waals surface area contributed by atoms with E-state index in [4.69, 9.17) is 5.73 Å². The summed E-state index contributed by atoms with van der Waals surface area (Å²) >= 11 is 0. The van der Waals surface area contributed by atoms with E-state index in [0.717, 1.165) is 0 Å². The Morgan fingerprint density at radius 2 is 2.16 bits per heavy atom. The van der Waals surface area contributed by atoms with Gasteiger partial charge in [-0.3, -0.25) is 4.79 Å². The number of nitrogens with two attached hydrogens (primary N) is 1. The molecule has 104 valence electrons. The number of carbonyl (C=O) groups excluding carboxylic acids is 1. The van der Waals surface area contributed by atoms with Gasteiger partial charge in [0.1, 0.15) is 0 Å². The van der Waals surface area contributed by atoms with Crippen LogP contribution in [0.25, 0.3) is 0 Å². The van der Waals surface area contributed by atoms with Gasteiger partial charge in [-0.15, -0.1) is 0 Å². The zero-order valence-electron chi connectivity index (χ0n) is 10.5. The lowest BCUT2D eigenvalue weighted by atomic mass is 10.0. The number of phenols is 2. The highest BCUT2D eigenvalue weighted by molar-refractivity contribution is 5.82. The number of carbonyl (C=O) groups is 1. The number of hydrogen-bond donors (Lipinski definition) is 4. The Balaban J connectivity index is 1.98. The molecule has 0 unspecified atom stereocenters. The predicted octanol–water partition coefficient (Wildman–Crippen LogP) is -0.439. The van der Waals surface area contributed by atoms with E-state index in [9.17, 15) is 20.1 Å². The fourth-order valence-corrected chi connectivity index (χ4v) is 2.21. The lowest BCUT2D eigenvalue weighted by Crippen LogP contribution is -2.44. The van der Waals surface area contributed by atoms with Gasteiger partial charge in [0.25, 0.3) is 0 Å². The van der Waals surface area contributed by atoms with Crippen molar-refractivity contribution in [2.45, 2.75) is 25.0 Å². The minimum Gasteiger partial charge on any atom is -0.504 e. The molecule has 1 fully saturated rings. The van der Waals surface area contributed by atoms with Crippen molar-refractivity contribution in [2.24, 2.45) is 5.73 Å². The first kappa shape index (κ1) is 13.6. The van der Waals surface area contributed by atoms with Gasteiger partial charge in [0.2, 0.25) is 5.91 Å². The number of amides is 1. The zero-order chi connectivity index (χ0) is 14.0. The number of benzene rings is 1. The van der Waals surface area contributed by atoms with E-state index in [1.165, 1.54) is 12.1 Å². The van der Waals surface area contributed by atoms with Crippen molar-refractivity contribution in [3.05, 3.63) is 23.8 Å². The third-order valence-electron chi connectivity index (χ3n) is 3.29. The molecule has 1 aliphatic heterocycles. The molecule has 0 bridgehead atoms. The van der Waals surface area contributed by atoms with Crippen LogP contribution in [0.4, 0.5) is 0 Å². The fourth-order valence-electron chi connectivity index (χ4n) is 2.21. The number of β-amino-alcohol motifs (C(OH)–C–C–N with tert-alkyl or cyclic N) is 1. The summed E-state index contributed by atoms with van der Waals surface area (Å²) in [6.45, 7) is 0.849. The second-order valence-corrected chi connectivity index (χ2v) is 4.86. The van der Waals surface area contributed by atoms with Gasteiger partial charge in [-0.05, 0) is 30.5 Å². The van der Waals surface area contributed by atoms with Crippen LogP contribution < -0.4 is 5.73 Å². The third-order valence-corrected chi connectivity index (χ3v) is 3.29. The maximum absolute atomic E-state index is 12.0. The summed E-state index contributed by atoms with van der Waals surface area (Å²) in [6.07, 6.45) is 0.395. The van der Waals surface area contributed by atoms with Crippen molar-refractivity contribution in [1.29, 1.82) is 0 Å². The van der Waals surface area contributed by atoms with Gasteiger partial charge in [0, 0.05) is 13.1 Å². The Morgan fingerprint density at radius 1 is 1.42 bits per heavy atom. The van der Waals surface area contributed by atoms with E-state index in [1.54, 1.807) is 11.0 Å². The highest BCUT2D eigenvalue weighted by atomic mass is 16.3. The second kappa shape index (κ2) is 5.46. The number of hydrogen-bond acceptors (Lipinski definition) is 5. The molecule has 0 radical (unpaired) electrons. The molecule has 2 rings (SSSR count). The number of aliphatic hydroxyl groups excluding tert-OH is 1. The summed E-state index contributed by atoms with van der Waals surface area (Å²) < 4.78 is 0. The molecule has 1 aromatic carbocycles. The Labute approximate surface area is 111 Å². The molecule has 0 aromatic heterocycles. The van der Waals surface area contributed by atoms with Gasteiger partial charge in [-0.2, -0.15) is 0 Å². The number of aliphatic hydroxyl groups is 1. The maximum Gasteiger partial charge on any atom is 0.239 e. The standard InChI is InChI=1S/C13H18N2O4/c14-10(13(19)15-4-3-9(16)7-15)5-8-1-2-11(17)12(18)6-8/h1-2,6,9-10,16-18H,3-5,7,14H2/t9-,10+/m1/s1. The van der Waals surface area contributed by atoms with Crippen LogP contribution in [0.3, 0.4) is 0 Å². The summed E-state index contributed by atoms with van der Waals surface area (Å²) in [4.78, 5) is 13.6. The van der Waals surface area contributed by atoms with Crippen molar-refractivity contribution < 1.29 is 20.1 Å². The molecular formula is C13H18N2O4. The van der Waals surface area contributed by atoms with E-state index in [2.05, 4.69) is 0 Å². The third kappa shape index (κ3) is 3.15. The number of aromatic hydroxyl groups is 2. The van der Waals surface area contributed by atoms with E-state index < -0.39 is 12.1 Å². The van der Waals surface area contributed by atoms with Gasteiger partial charge in [-0.25, -0.2) is 0 Å². The molecule has 19 heavy (non-hydrogen) atoms. The largest absolute Gasteiger partial charge is 0.504 e. The average molecular weight is 266 g/mol. The normalized spacial score (nSPS) is 20.5. The topological polar surface area (TPSA) is 107 Å². The second-order valence-electron chi connectivity index (χ2n) is 4.86. The van der Waals surface area contributed by atoms with E-state index in [-0.39, 0.29) is 23.8 Å². The lowest BCUT2D eigenvalue weighted by molar-refractivity contribution is -0.131. The summed E-state index contributed by atoms with van der Waals surface area (Å²) in [5.74, 6) is -0.635. The molecule has 6 heteroatoms. The van der Waals surface area contributed by atoms with Crippen molar-refractivity contribution in [1.82, 2.24) is 4.90 Å². The summed E-state index contributed by atoms with van der Waals surface area (Å²) in [5.41, 5.74) is 6.52. The Morgan fingerprint density at radius 3 is 2.74 bits per heavy atom. The number of phenolic OH excluding ortho intramolecular Hbond substituents is 2. The van der Waals surface area contributed by atoms with Crippen molar-refractivity contribution in [3.63, 3.8) is 0 Å². The first-order valence-electron chi connectivity index (χ1n) is 6.20. The molecule has 1 aromatic rings. The van der Waals surface area contributed by atoms with Crippen LogP contribution >= 0.6 is 0 Å². The number of nitrogens with zero attached hydrogens (tertiary/aromatic N) is 1. The average Bonchev–Trinajstić information content (AvgIpc) is 2.79. The van der Waals surface area contributed by atoms with Crippen molar-refractivity contribution >= 4 is 5.91 Å². The fraction of sp³-hybridized carbons (Fsp3) is 0.462. The highest BCUT2D eigenvalue weighted by Crippen LogP contribution is 2.25. The smallest absolute Gasteiger partial charge is 0.239 e. The molecule has 1 saturated heterocycles. The first-order valence-corrected chi connectivity index (χ1v) is 6.20.